The highest BCUT2D eigenvalue weighted by molar-refractivity contribution is 7.07. The summed E-state index contributed by atoms with van der Waals surface area (Å²) in [5.74, 6) is -0.575. The number of aromatic amines is 1. The largest absolute Gasteiger partial charge is 0.315 e. The van der Waals surface area contributed by atoms with Crippen molar-refractivity contribution in [2.45, 2.75) is 19.0 Å². The molecule has 6 nitrogen and oxygen atoms in total. The first kappa shape index (κ1) is 10.1. The highest BCUT2D eigenvalue weighted by Gasteiger charge is 2.29. The van der Waals surface area contributed by atoms with E-state index in [4.69, 9.17) is 0 Å². The van der Waals surface area contributed by atoms with Crippen LogP contribution in [-0.2, 0) is 16.1 Å². The monoisotopic (exact) mass is 227 g/mol. The second-order valence-electron chi connectivity index (χ2n) is 3.22. The van der Waals surface area contributed by atoms with Crippen LogP contribution < -0.4 is 15.5 Å². The summed E-state index contributed by atoms with van der Waals surface area (Å²) in [6.45, 7) is 0.379. The Kier molecular flexibility index (Phi) is 2.65. The SMILES string of the molecule is O=C1CC(NCc2csc(=O)[nH]2)C(=O)N1. The third kappa shape index (κ3) is 2.31. The second-order valence-corrected chi connectivity index (χ2v) is 4.07. The van der Waals surface area contributed by atoms with Gasteiger partial charge in [-0.15, -0.1) is 0 Å². The first-order valence-electron chi connectivity index (χ1n) is 4.39. The fourth-order valence-corrected chi connectivity index (χ4v) is 1.93. The van der Waals surface area contributed by atoms with Gasteiger partial charge in [-0.25, -0.2) is 0 Å². The molecule has 1 unspecified atom stereocenters. The Balaban J connectivity index is 1.91. The quantitative estimate of drug-likeness (QED) is 0.574. The second kappa shape index (κ2) is 3.95. The van der Waals surface area contributed by atoms with Crippen molar-refractivity contribution in [3.05, 3.63) is 20.7 Å². The number of imide groups is 1. The summed E-state index contributed by atoms with van der Waals surface area (Å²) >= 11 is 1.07. The third-order valence-electron chi connectivity index (χ3n) is 2.08. The molecule has 80 valence electrons. The highest BCUT2D eigenvalue weighted by atomic mass is 32.1. The van der Waals surface area contributed by atoms with E-state index in [1.165, 1.54) is 0 Å². The topological polar surface area (TPSA) is 91.1 Å². The molecule has 1 saturated heterocycles. The van der Waals surface area contributed by atoms with Crippen LogP contribution in [-0.4, -0.2) is 22.8 Å². The Bertz CT molecular complexity index is 450. The molecule has 2 amide bonds. The number of thiazole rings is 1. The number of carbonyl (C=O) groups is 2. The molecule has 1 aromatic heterocycles. The van der Waals surface area contributed by atoms with E-state index in [0.29, 0.717) is 6.54 Å². The summed E-state index contributed by atoms with van der Waals surface area (Å²) in [5, 5.41) is 6.78. The van der Waals surface area contributed by atoms with Crippen molar-refractivity contribution in [3.8, 4) is 0 Å². The van der Waals surface area contributed by atoms with Crippen LogP contribution in [0.4, 0.5) is 0 Å². The van der Waals surface area contributed by atoms with Gasteiger partial charge in [0.25, 0.3) is 0 Å². The van der Waals surface area contributed by atoms with E-state index in [-0.39, 0.29) is 23.1 Å². The van der Waals surface area contributed by atoms with Crippen LogP contribution in [0.15, 0.2) is 10.2 Å². The van der Waals surface area contributed by atoms with Gasteiger partial charge in [0, 0.05) is 17.6 Å². The van der Waals surface area contributed by atoms with Crippen LogP contribution in [0.5, 0.6) is 0 Å². The van der Waals surface area contributed by atoms with Gasteiger partial charge >= 0.3 is 4.87 Å². The molecular formula is C8H9N3O3S. The molecule has 0 aromatic carbocycles. The molecule has 0 bridgehead atoms. The van der Waals surface area contributed by atoms with Gasteiger partial charge in [-0.05, 0) is 0 Å². The van der Waals surface area contributed by atoms with Crippen LogP contribution in [0.2, 0.25) is 0 Å². The first-order chi connectivity index (χ1) is 7.15. The summed E-state index contributed by atoms with van der Waals surface area (Å²) in [7, 11) is 0. The maximum atomic E-state index is 11.1. The van der Waals surface area contributed by atoms with E-state index in [1.54, 1.807) is 5.38 Å². The molecule has 0 spiro atoms. The summed E-state index contributed by atoms with van der Waals surface area (Å²) in [6.07, 6.45) is 0.160. The Labute approximate surface area is 88.7 Å². The molecule has 7 heteroatoms. The van der Waals surface area contributed by atoms with Gasteiger partial charge in [0.05, 0.1) is 12.5 Å². The molecule has 0 aliphatic carbocycles. The lowest BCUT2D eigenvalue weighted by atomic mass is 10.2. The zero-order valence-corrected chi connectivity index (χ0v) is 8.52. The molecule has 1 aliphatic heterocycles. The molecule has 3 N–H and O–H groups in total. The fourth-order valence-electron chi connectivity index (χ4n) is 1.35. The number of nitrogens with one attached hydrogen (secondary N) is 3. The molecule has 15 heavy (non-hydrogen) atoms. The van der Waals surface area contributed by atoms with Gasteiger partial charge in [-0.3, -0.25) is 25.0 Å². The zero-order valence-electron chi connectivity index (χ0n) is 7.70. The van der Waals surface area contributed by atoms with Crippen LogP contribution in [0.25, 0.3) is 0 Å². The van der Waals surface area contributed by atoms with Crippen molar-refractivity contribution in [1.29, 1.82) is 0 Å². The molecule has 1 fully saturated rings. The molecule has 2 rings (SSSR count). The van der Waals surface area contributed by atoms with Gasteiger partial charge < -0.3 is 4.98 Å². The zero-order chi connectivity index (χ0) is 10.8. The average molecular weight is 227 g/mol. The van der Waals surface area contributed by atoms with Gasteiger partial charge in [0.1, 0.15) is 0 Å². The average Bonchev–Trinajstić information content (AvgIpc) is 2.70. The van der Waals surface area contributed by atoms with E-state index >= 15 is 0 Å². The summed E-state index contributed by atoms with van der Waals surface area (Å²) in [6, 6.07) is -0.485. The Morgan fingerprint density at radius 2 is 2.27 bits per heavy atom. The van der Waals surface area contributed by atoms with Gasteiger partial charge in [-0.2, -0.15) is 0 Å². The molecular weight excluding hydrogens is 218 g/mol. The first-order valence-corrected chi connectivity index (χ1v) is 5.27. The van der Waals surface area contributed by atoms with Crippen molar-refractivity contribution in [2.75, 3.05) is 0 Å². The minimum absolute atomic E-state index is 0.126. The van der Waals surface area contributed by atoms with Gasteiger partial charge in [0.15, 0.2) is 0 Å². The van der Waals surface area contributed by atoms with Crippen LogP contribution in [0, 0.1) is 0 Å². The van der Waals surface area contributed by atoms with Crippen molar-refractivity contribution in [1.82, 2.24) is 15.6 Å². The number of amides is 2. The van der Waals surface area contributed by atoms with Gasteiger partial charge in [0.2, 0.25) is 11.8 Å². The predicted octanol–water partition coefficient (Wildman–Crippen LogP) is -1.06. The van der Waals surface area contributed by atoms with Crippen molar-refractivity contribution < 1.29 is 9.59 Å². The van der Waals surface area contributed by atoms with E-state index in [9.17, 15) is 14.4 Å². The molecule has 1 aromatic rings. The van der Waals surface area contributed by atoms with Crippen molar-refractivity contribution in [3.63, 3.8) is 0 Å². The van der Waals surface area contributed by atoms with E-state index in [2.05, 4.69) is 15.6 Å². The third-order valence-corrected chi connectivity index (χ3v) is 2.80. The maximum Gasteiger partial charge on any atom is 0.304 e. The number of aromatic nitrogens is 1. The van der Waals surface area contributed by atoms with E-state index < -0.39 is 6.04 Å². The Morgan fingerprint density at radius 1 is 1.47 bits per heavy atom. The Hall–Kier alpha value is -1.47. The lowest BCUT2D eigenvalue weighted by molar-refractivity contribution is -0.125. The van der Waals surface area contributed by atoms with Crippen molar-refractivity contribution in [2.24, 2.45) is 0 Å². The minimum atomic E-state index is -0.485. The summed E-state index contributed by atoms with van der Waals surface area (Å²) in [5.41, 5.74) is 0.720. The Morgan fingerprint density at radius 3 is 2.80 bits per heavy atom. The van der Waals surface area contributed by atoms with Gasteiger partial charge in [-0.1, -0.05) is 11.3 Å². The standard InChI is InChI=1S/C8H9N3O3S/c12-6-1-5(7(13)11-6)9-2-4-3-15-8(14)10-4/h3,5,9H,1-2H2,(H,10,14)(H,11,12,13). The molecule has 2 heterocycles. The lowest BCUT2D eigenvalue weighted by Gasteiger charge is -2.06. The van der Waals surface area contributed by atoms with Crippen LogP contribution in [0.1, 0.15) is 12.1 Å². The minimum Gasteiger partial charge on any atom is -0.315 e. The number of carbonyl (C=O) groups excluding carboxylic acids is 2. The van der Waals surface area contributed by atoms with E-state index in [0.717, 1.165) is 17.0 Å². The maximum absolute atomic E-state index is 11.1. The van der Waals surface area contributed by atoms with Crippen LogP contribution >= 0.6 is 11.3 Å². The smallest absolute Gasteiger partial charge is 0.304 e. The lowest BCUT2D eigenvalue weighted by Crippen LogP contribution is -2.35. The molecule has 0 radical (unpaired) electrons. The summed E-state index contributed by atoms with van der Waals surface area (Å²) < 4.78 is 0. The van der Waals surface area contributed by atoms with Crippen molar-refractivity contribution >= 4 is 23.2 Å². The number of hydrogen-bond acceptors (Lipinski definition) is 5. The van der Waals surface area contributed by atoms with Crippen LogP contribution in [0.3, 0.4) is 0 Å². The fraction of sp³-hybridized carbons (Fsp3) is 0.375. The number of rotatable bonds is 3. The molecule has 1 aliphatic rings. The molecule has 0 saturated carbocycles. The highest BCUT2D eigenvalue weighted by Crippen LogP contribution is 2.03. The van der Waals surface area contributed by atoms with E-state index in [1.807, 2.05) is 0 Å². The number of H-pyrrole nitrogens is 1. The normalized spacial score (nSPS) is 20.7. The summed E-state index contributed by atoms with van der Waals surface area (Å²) in [4.78, 5) is 35.3. The predicted molar refractivity (Wildman–Crippen MR) is 53.3 cm³/mol. The number of hydrogen-bond donors (Lipinski definition) is 3. The molecule has 1 atom stereocenters.